The van der Waals surface area contributed by atoms with Crippen LogP contribution in [0.3, 0.4) is 0 Å². The molecule has 0 radical (unpaired) electrons. The first-order chi connectivity index (χ1) is 12.5. The van der Waals surface area contributed by atoms with Crippen LogP contribution in [0.5, 0.6) is 0 Å². The number of aryl methyl sites for hydroxylation is 1. The Morgan fingerprint density at radius 3 is 2.46 bits per heavy atom. The largest absolute Gasteiger partial charge is 0.273 e. The molecule has 0 aliphatic rings. The van der Waals surface area contributed by atoms with E-state index < -0.39 is 0 Å². The fraction of sp³-hybridized carbons (Fsp3) is 0.0500. The van der Waals surface area contributed by atoms with Crippen LogP contribution in [0.1, 0.15) is 11.1 Å². The van der Waals surface area contributed by atoms with Crippen LogP contribution < -0.4 is 14.8 Å². The van der Waals surface area contributed by atoms with E-state index in [1.165, 1.54) is 4.57 Å². The van der Waals surface area contributed by atoms with E-state index >= 15 is 0 Å². The molecule has 0 bridgehead atoms. The predicted molar refractivity (Wildman–Crippen MR) is 104 cm³/mol. The summed E-state index contributed by atoms with van der Waals surface area (Å²) in [4.78, 5) is 13.0. The summed E-state index contributed by atoms with van der Waals surface area (Å²) in [5, 5.41) is 19.0. The Labute approximate surface area is 158 Å². The Bertz CT molecular complexity index is 1220. The molecule has 0 saturated heterocycles. The molecule has 0 aliphatic heterocycles. The Morgan fingerprint density at radius 2 is 1.85 bits per heavy atom. The lowest BCUT2D eigenvalue weighted by Gasteiger charge is -2.02. The highest BCUT2D eigenvalue weighted by Crippen LogP contribution is 2.12. The molecular weight excluding hydrogens is 366 g/mol. The maximum Gasteiger partial charge on any atom is 0.273 e. The molecule has 1 heterocycles. The summed E-state index contributed by atoms with van der Waals surface area (Å²) in [7, 11) is 0. The first-order valence-corrected chi connectivity index (χ1v) is 8.83. The van der Waals surface area contributed by atoms with Gasteiger partial charge in [-0.3, -0.25) is 9.36 Å². The molecule has 26 heavy (non-hydrogen) atoms. The third kappa shape index (κ3) is 3.45. The minimum Gasteiger partial charge on any atom is -0.267 e. The lowest BCUT2D eigenvalue weighted by atomic mass is 10.1. The molecule has 3 aromatic rings. The number of hydrogen-bond acceptors (Lipinski definition) is 4. The molecule has 0 fully saturated rings. The van der Waals surface area contributed by atoms with Gasteiger partial charge in [0, 0.05) is 5.02 Å². The van der Waals surface area contributed by atoms with Gasteiger partial charge < -0.3 is 0 Å². The van der Waals surface area contributed by atoms with Crippen molar-refractivity contribution in [2.24, 2.45) is 0 Å². The Balaban J connectivity index is 2.38. The van der Waals surface area contributed by atoms with E-state index in [2.05, 4.69) is 0 Å². The van der Waals surface area contributed by atoms with Crippen molar-refractivity contribution in [2.75, 3.05) is 0 Å². The summed E-state index contributed by atoms with van der Waals surface area (Å²) < 4.78 is 2.09. The molecular formula is C20H12ClN3OS. The SMILES string of the molecule is Cc1ccc(/C=c2\sc(=C(C#N)C#N)n(-c3cccc(Cl)c3)c2=O)cc1. The van der Waals surface area contributed by atoms with E-state index in [1.807, 2.05) is 43.3 Å². The Morgan fingerprint density at radius 1 is 1.15 bits per heavy atom. The second-order valence-corrected chi connectivity index (χ2v) is 7.01. The molecule has 4 nitrogen and oxygen atoms in total. The van der Waals surface area contributed by atoms with Crippen LogP contribution >= 0.6 is 22.9 Å². The van der Waals surface area contributed by atoms with Crippen molar-refractivity contribution in [3.8, 4) is 17.8 Å². The van der Waals surface area contributed by atoms with Gasteiger partial charge in [-0.1, -0.05) is 47.5 Å². The number of nitriles is 2. The van der Waals surface area contributed by atoms with E-state index in [0.717, 1.165) is 22.5 Å². The predicted octanol–water partition coefficient (Wildman–Crippen LogP) is 2.89. The van der Waals surface area contributed by atoms with Crippen LogP contribution in [0.4, 0.5) is 0 Å². The number of rotatable bonds is 2. The normalized spacial score (nSPS) is 11.0. The summed E-state index contributed by atoms with van der Waals surface area (Å²) in [6.07, 6.45) is 1.75. The van der Waals surface area contributed by atoms with Crippen LogP contribution in [0, 0.1) is 29.6 Å². The van der Waals surface area contributed by atoms with Crippen molar-refractivity contribution < 1.29 is 0 Å². The van der Waals surface area contributed by atoms with Gasteiger partial charge in [-0.15, -0.1) is 11.3 Å². The van der Waals surface area contributed by atoms with E-state index in [9.17, 15) is 15.3 Å². The van der Waals surface area contributed by atoms with E-state index in [-0.39, 0.29) is 11.1 Å². The van der Waals surface area contributed by atoms with Gasteiger partial charge in [-0.05, 0) is 36.8 Å². The van der Waals surface area contributed by atoms with E-state index in [4.69, 9.17) is 11.6 Å². The summed E-state index contributed by atoms with van der Waals surface area (Å²) in [6.45, 7) is 1.99. The van der Waals surface area contributed by atoms with Gasteiger partial charge in [0.1, 0.15) is 16.8 Å². The molecule has 2 aromatic carbocycles. The van der Waals surface area contributed by atoms with Crippen molar-refractivity contribution in [3.05, 3.63) is 84.2 Å². The number of nitrogens with zero attached hydrogens (tertiary/aromatic N) is 3. The molecule has 0 unspecified atom stereocenters. The average Bonchev–Trinajstić information content (AvgIpc) is 2.94. The minimum absolute atomic E-state index is 0.115. The summed E-state index contributed by atoms with van der Waals surface area (Å²) >= 11 is 7.15. The molecule has 0 atom stereocenters. The molecule has 0 amide bonds. The number of halogens is 1. The molecule has 0 aliphatic carbocycles. The van der Waals surface area contributed by atoms with Gasteiger partial charge in [0.25, 0.3) is 5.56 Å². The molecule has 0 N–H and O–H groups in total. The van der Waals surface area contributed by atoms with Gasteiger partial charge in [0.05, 0.1) is 10.2 Å². The van der Waals surface area contributed by atoms with Gasteiger partial charge in [0.15, 0.2) is 5.57 Å². The van der Waals surface area contributed by atoms with Crippen LogP contribution in [0.15, 0.2) is 53.3 Å². The van der Waals surface area contributed by atoms with Crippen molar-refractivity contribution in [3.63, 3.8) is 0 Å². The second-order valence-electron chi connectivity index (χ2n) is 5.55. The number of hydrogen-bond donors (Lipinski definition) is 0. The van der Waals surface area contributed by atoms with E-state index in [1.54, 1.807) is 30.3 Å². The zero-order chi connectivity index (χ0) is 18.7. The van der Waals surface area contributed by atoms with Crippen LogP contribution in [0.2, 0.25) is 5.02 Å². The highest BCUT2D eigenvalue weighted by Gasteiger charge is 2.11. The summed E-state index contributed by atoms with van der Waals surface area (Å²) in [5.74, 6) is 0. The van der Waals surface area contributed by atoms with Crippen LogP contribution in [-0.2, 0) is 0 Å². The minimum atomic E-state index is -0.296. The summed E-state index contributed by atoms with van der Waals surface area (Å²) in [5.41, 5.74) is 2.09. The Hall–Kier alpha value is -3.12. The standard InChI is InChI=1S/C20H12ClN3OS/c1-13-5-7-14(8-6-13)9-18-19(25)24(17-4-2-3-16(21)10-17)20(26-18)15(11-22)12-23/h2-10H,1H3/b18-9-. The second kappa shape index (κ2) is 7.41. The van der Waals surface area contributed by atoms with Gasteiger partial charge in [-0.25, -0.2) is 0 Å². The fourth-order valence-corrected chi connectivity index (χ4v) is 3.67. The third-order valence-electron chi connectivity index (χ3n) is 3.70. The topological polar surface area (TPSA) is 69.6 Å². The van der Waals surface area contributed by atoms with Crippen molar-refractivity contribution in [1.82, 2.24) is 4.57 Å². The lowest BCUT2D eigenvalue weighted by molar-refractivity contribution is 0.988. The van der Waals surface area contributed by atoms with E-state index in [0.29, 0.717) is 19.9 Å². The van der Waals surface area contributed by atoms with Crippen molar-refractivity contribution in [2.45, 2.75) is 6.92 Å². The maximum absolute atomic E-state index is 13.0. The Kier molecular flexibility index (Phi) is 5.04. The third-order valence-corrected chi connectivity index (χ3v) is 5.03. The summed E-state index contributed by atoms with van der Waals surface area (Å²) in [6, 6.07) is 18.2. The zero-order valence-corrected chi connectivity index (χ0v) is 15.3. The quantitative estimate of drug-likeness (QED) is 0.689. The molecule has 0 saturated carbocycles. The van der Waals surface area contributed by atoms with Crippen molar-refractivity contribution in [1.29, 1.82) is 10.5 Å². The number of aromatic nitrogens is 1. The van der Waals surface area contributed by atoms with Crippen molar-refractivity contribution >= 4 is 34.6 Å². The fourth-order valence-electron chi connectivity index (χ4n) is 2.43. The molecule has 6 heteroatoms. The highest BCUT2D eigenvalue weighted by atomic mass is 35.5. The zero-order valence-electron chi connectivity index (χ0n) is 13.7. The smallest absolute Gasteiger partial charge is 0.267 e. The maximum atomic E-state index is 13.0. The van der Waals surface area contributed by atoms with Gasteiger partial charge in [-0.2, -0.15) is 10.5 Å². The average molecular weight is 378 g/mol. The van der Waals surface area contributed by atoms with Gasteiger partial charge >= 0.3 is 0 Å². The van der Waals surface area contributed by atoms with Crippen LogP contribution in [0.25, 0.3) is 17.3 Å². The van der Waals surface area contributed by atoms with Gasteiger partial charge in [0.2, 0.25) is 0 Å². The number of thiazole rings is 1. The molecule has 1 aromatic heterocycles. The molecule has 126 valence electrons. The highest BCUT2D eigenvalue weighted by molar-refractivity contribution is 7.07. The van der Waals surface area contributed by atoms with Crippen LogP contribution in [-0.4, -0.2) is 4.57 Å². The first kappa shape index (κ1) is 17.7. The first-order valence-electron chi connectivity index (χ1n) is 7.64. The monoisotopic (exact) mass is 377 g/mol. The lowest BCUT2D eigenvalue weighted by Crippen LogP contribution is -2.30. The number of benzene rings is 2. The molecule has 3 rings (SSSR count). The molecule has 0 spiro atoms.